The lowest BCUT2D eigenvalue weighted by Crippen LogP contribution is -2.41. The molecule has 0 spiro atoms. The van der Waals surface area contributed by atoms with Gasteiger partial charge in [-0.05, 0) is 18.1 Å². The Balaban J connectivity index is 2.66. The van der Waals surface area contributed by atoms with Crippen LogP contribution in [-0.4, -0.2) is 25.0 Å². The minimum Gasteiger partial charge on any atom is -0.467 e. The molecule has 1 aromatic rings. The number of nitrogens with one attached hydrogen (secondary N) is 1. The van der Waals surface area contributed by atoms with E-state index in [-0.39, 0.29) is 12.0 Å². The van der Waals surface area contributed by atoms with Crippen molar-refractivity contribution in [2.45, 2.75) is 25.8 Å². The van der Waals surface area contributed by atoms with Crippen LogP contribution in [0.3, 0.4) is 0 Å². The van der Waals surface area contributed by atoms with E-state index in [1.165, 1.54) is 13.2 Å². The first-order valence-electron chi connectivity index (χ1n) is 5.79. The molecule has 0 aliphatic heterocycles. The molecule has 1 atom stereocenters. The Labute approximate surface area is 109 Å². The van der Waals surface area contributed by atoms with Crippen molar-refractivity contribution in [2.75, 3.05) is 7.11 Å². The van der Waals surface area contributed by atoms with Crippen LogP contribution >= 0.6 is 0 Å². The molecule has 0 heterocycles. The van der Waals surface area contributed by atoms with E-state index < -0.39 is 29.6 Å². The van der Waals surface area contributed by atoms with Gasteiger partial charge >= 0.3 is 5.97 Å². The summed E-state index contributed by atoms with van der Waals surface area (Å²) in [5.41, 5.74) is 0.0682. The molecule has 104 valence electrons. The monoisotopic (exact) mass is 271 g/mol. The number of carbonyl (C=O) groups excluding carboxylic acids is 2. The third kappa shape index (κ3) is 4.31. The summed E-state index contributed by atoms with van der Waals surface area (Å²) in [5, 5.41) is 2.43. The number of amides is 1. The number of hydrogen-bond donors (Lipinski definition) is 1. The van der Waals surface area contributed by atoms with Gasteiger partial charge in [0.2, 0.25) is 5.91 Å². The first kappa shape index (κ1) is 15.1. The summed E-state index contributed by atoms with van der Waals surface area (Å²) in [4.78, 5) is 22.9. The molecular weight excluding hydrogens is 256 g/mol. The quantitative estimate of drug-likeness (QED) is 0.827. The number of esters is 1. The summed E-state index contributed by atoms with van der Waals surface area (Å²) in [7, 11) is 1.22. The standard InChI is InChI=1S/C13H15F2NO3/c1-3-11(13(18)19-2)16-12(17)6-8-4-5-9(14)7-10(8)15/h4-5,7,11H,3,6H2,1-2H3,(H,16,17)/t11-/m0/s1. The molecule has 4 nitrogen and oxygen atoms in total. The second-order valence-electron chi connectivity index (χ2n) is 3.96. The van der Waals surface area contributed by atoms with E-state index in [0.29, 0.717) is 12.5 Å². The van der Waals surface area contributed by atoms with Gasteiger partial charge in [-0.2, -0.15) is 0 Å². The van der Waals surface area contributed by atoms with Crippen molar-refractivity contribution in [3.8, 4) is 0 Å². The molecule has 0 radical (unpaired) electrons. The van der Waals surface area contributed by atoms with Crippen LogP contribution < -0.4 is 5.32 Å². The van der Waals surface area contributed by atoms with Crippen molar-refractivity contribution in [1.82, 2.24) is 5.32 Å². The van der Waals surface area contributed by atoms with E-state index in [9.17, 15) is 18.4 Å². The van der Waals surface area contributed by atoms with Crippen molar-refractivity contribution in [3.63, 3.8) is 0 Å². The molecule has 0 unspecified atom stereocenters. The molecule has 1 rings (SSSR count). The van der Waals surface area contributed by atoms with Gasteiger partial charge in [0.1, 0.15) is 17.7 Å². The zero-order chi connectivity index (χ0) is 14.4. The third-order valence-electron chi connectivity index (χ3n) is 2.60. The van der Waals surface area contributed by atoms with Gasteiger partial charge in [0, 0.05) is 6.07 Å². The first-order chi connectivity index (χ1) is 8.97. The second kappa shape index (κ2) is 6.82. The van der Waals surface area contributed by atoms with E-state index in [1.54, 1.807) is 6.92 Å². The van der Waals surface area contributed by atoms with Crippen molar-refractivity contribution < 1.29 is 23.1 Å². The lowest BCUT2D eigenvalue weighted by atomic mass is 10.1. The Morgan fingerprint density at radius 1 is 1.37 bits per heavy atom. The summed E-state index contributed by atoms with van der Waals surface area (Å²) in [6.07, 6.45) is 0.101. The Morgan fingerprint density at radius 2 is 2.05 bits per heavy atom. The molecule has 19 heavy (non-hydrogen) atoms. The summed E-state index contributed by atoms with van der Waals surface area (Å²) in [5.74, 6) is -2.58. The molecule has 0 saturated heterocycles. The Morgan fingerprint density at radius 3 is 2.58 bits per heavy atom. The highest BCUT2D eigenvalue weighted by molar-refractivity contribution is 5.85. The molecular formula is C13H15F2NO3. The fourth-order valence-electron chi connectivity index (χ4n) is 1.55. The van der Waals surface area contributed by atoms with Crippen molar-refractivity contribution in [1.29, 1.82) is 0 Å². The maximum atomic E-state index is 13.3. The highest BCUT2D eigenvalue weighted by atomic mass is 19.1. The number of rotatable bonds is 5. The minimum atomic E-state index is -0.790. The average Bonchev–Trinajstić information content (AvgIpc) is 2.38. The van der Waals surface area contributed by atoms with Gasteiger partial charge in [-0.1, -0.05) is 13.0 Å². The molecule has 6 heteroatoms. The zero-order valence-electron chi connectivity index (χ0n) is 10.7. The number of benzene rings is 1. The van der Waals surface area contributed by atoms with Gasteiger partial charge in [-0.25, -0.2) is 13.6 Å². The zero-order valence-corrected chi connectivity index (χ0v) is 10.7. The van der Waals surface area contributed by atoms with E-state index in [0.717, 1.165) is 6.07 Å². The van der Waals surface area contributed by atoms with E-state index >= 15 is 0 Å². The molecule has 0 aromatic heterocycles. The number of halogens is 2. The first-order valence-corrected chi connectivity index (χ1v) is 5.79. The van der Waals surface area contributed by atoms with Gasteiger partial charge in [0.05, 0.1) is 13.5 Å². The molecule has 1 N–H and O–H groups in total. The summed E-state index contributed by atoms with van der Waals surface area (Å²) in [6, 6.07) is 2.22. The molecule has 0 aliphatic carbocycles. The predicted octanol–water partition coefficient (Wildman–Crippen LogP) is 1.58. The van der Waals surface area contributed by atoms with Gasteiger partial charge < -0.3 is 10.1 Å². The van der Waals surface area contributed by atoms with Crippen LogP contribution in [0, 0.1) is 11.6 Å². The predicted molar refractivity (Wildman–Crippen MR) is 64.3 cm³/mol. The highest BCUT2D eigenvalue weighted by Gasteiger charge is 2.19. The van der Waals surface area contributed by atoms with Gasteiger partial charge in [-0.15, -0.1) is 0 Å². The molecule has 1 aromatic carbocycles. The van der Waals surface area contributed by atoms with Crippen molar-refractivity contribution in [3.05, 3.63) is 35.4 Å². The lowest BCUT2D eigenvalue weighted by molar-refractivity contribution is -0.145. The molecule has 0 aliphatic rings. The van der Waals surface area contributed by atoms with E-state index in [2.05, 4.69) is 10.1 Å². The van der Waals surface area contributed by atoms with Crippen molar-refractivity contribution in [2.24, 2.45) is 0 Å². The van der Waals surface area contributed by atoms with Crippen LogP contribution in [0.1, 0.15) is 18.9 Å². The smallest absolute Gasteiger partial charge is 0.328 e. The summed E-state index contributed by atoms with van der Waals surface area (Å²) < 4.78 is 30.6. The second-order valence-corrected chi connectivity index (χ2v) is 3.96. The Hall–Kier alpha value is -1.98. The number of hydrogen-bond acceptors (Lipinski definition) is 3. The number of ether oxygens (including phenoxy) is 1. The Bertz CT molecular complexity index is 477. The minimum absolute atomic E-state index is 0.0682. The topological polar surface area (TPSA) is 55.4 Å². The summed E-state index contributed by atoms with van der Waals surface area (Å²) >= 11 is 0. The highest BCUT2D eigenvalue weighted by Crippen LogP contribution is 2.10. The van der Waals surface area contributed by atoms with Crippen LogP contribution in [0.2, 0.25) is 0 Å². The lowest BCUT2D eigenvalue weighted by Gasteiger charge is -2.14. The van der Waals surface area contributed by atoms with E-state index in [1.807, 2.05) is 0 Å². The maximum Gasteiger partial charge on any atom is 0.328 e. The number of methoxy groups -OCH3 is 1. The molecule has 0 fully saturated rings. The third-order valence-corrected chi connectivity index (χ3v) is 2.60. The summed E-state index contributed by atoms with van der Waals surface area (Å²) in [6.45, 7) is 1.71. The average molecular weight is 271 g/mol. The van der Waals surface area contributed by atoms with Crippen LogP contribution in [-0.2, 0) is 20.7 Å². The van der Waals surface area contributed by atoms with Crippen LogP contribution in [0.15, 0.2) is 18.2 Å². The maximum absolute atomic E-state index is 13.3. The van der Waals surface area contributed by atoms with E-state index in [4.69, 9.17) is 0 Å². The molecule has 0 bridgehead atoms. The van der Waals surface area contributed by atoms with Crippen LogP contribution in [0.4, 0.5) is 8.78 Å². The van der Waals surface area contributed by atoms with Gasteiger partial charge in [0.15, 0.2) is 0 Å². The SMILES string of the molecule is CC[C@H](NC(=O)Cc1ccc(F)cc1F)C(=O)OC. The normalized spacial score (nSPS) is 11.8. The molecule has 0 saturated carbocycles. The largest absolute Gasteiger partial charge is 0.467 e. The van der Waals surface area contributed by atoms with Gasteiger partial charge in [-0.3, -0.25) is 4.79 Å². The van der Waals surface area contributed by atoms with Crippen molar-refractivity contribution >= 4 is 11.9 Å². The van der Waals surface area contributed by atoms with Gasteiger partial charge in [0.25, 0.3) is 0 Å². The number of carbonyl (C=O) groups is 2. The fraction of sp³-hybridized carbons (Fsp3) is 0.385. The molecule has 1 amide bonds. The fourth-order valence-corrected chi connectivity index (χ4v) is 1.55. The van der Waals surface area contributed by atoms with Crippen LogP contribution in [0.5, 0.6) is 0 Å². The Kier molecular flexibility index (Phi) is 5.41. The van der Waals surface area contributed by atoms with Crippen LogP contribution in [0.25, 0.3) is 0 Å².